The van der Waals surface area contributed by atoms with Crippen LogP contribution >= 0.6 is 0 Å². The summed E-state index contributed by atoms with van der Waals surface area (Å²) in [4.78, 5) is 10.9. The maximum absolute atomic E-state index is 5.23. The van der Waals surface area contributed by atoms with Crippen molar-refractivity contribution in [3.63, 3.8) is 0 Å². The van der Waals surface area contributed by atoms with Gasteiger partial charge in [-0.05, 0) is 25.3 Å². The highest BCUT2D eigenvalue weighted by atomic mass is 16.5. The molecule has 5 nitrogen and oxygen atoms in total. The third-order valence-electron chi connectivity index (χ3n) is 3.66. The molecular weight excluding hydrogens is 240 g/mol. The minimum atomic E-state index is 0.467. The third-order valence-corrected chi connectivity index (χ3v) is 3.66. The molecule has 1 atom stereocenters. The van der Waals surface area contributed by atoms with Gasteiger partial charge < -0.3 is 15.0 Å². The molecule has 0 aliphatic carbocycles. The summed E-state index contributed by atoms with van der Waals surface area (Å²) in [5.74, 6) is 0.852. The van der Waals surface area contributed by atoms with Crippen molar-refractivity contribution in [3.8, 4) is 0 Å². The van der Waals surface area contributed by atoms with Crippen LogP contribution in [0.2, 0.25) is 0 Å². The molecule has 0 saturated carbocycles. The van der Waals surface area contributed by atoms with E-state index in [-0.39, 0.29) is 0 Å². The fourth-order valence-corrected chi connectivity index (χ4v) is 2.52. The molecule has 1 unspecified atom stereocenters. The number of piperidine rings is 1. The normalized spacial score (nSPS) is 18.5. The summed E-state index contributed by atoms with van der Waals surface area (Å²) in [6.07, 6.45) is 6.99. The molecule has 1 aromatic rings. The molecule has 19 heavy (non-hydrogen) atoms. The van der Waals surface area contributed by atoms with Crippen LogP contribution in [0.5, 0.6) is 0 Å². The van der Waals surface area contributed by atoms with Crippen molar-refractivity contribution in [1.29, 1.82) is 0 Å². The van der Waals surface area contributed by atoms with Gasteiger partial charge in [-0.3, -0.25) is 0 Å². The number of ether oxygens (including phenoxy) is 1. The van der Waals surface area contributed by atoms with Crippen molar-refractivity contribution in [3.05, 3.63) is 18.5 Å². The van der Waals surface area contributed by atoms with Gasteiger partial charge in [-0.2, -0.15) is 0 Å². The van der Waals surface area contributed by atoms with Crippen molar-refractivity contribution in [2.45, 2.75) is 38.3 Å². The van der Waals surface area contributed by atoms with E-state index in [1.165, 1.54) is 0 Å². The first-order chi connectivity index (χ1) is 9.33. The van der Waals surface area contributed by atoms with Gasteiger partial charge in [0.25, 0.3) is 0 Å². The largest absolute Gasteiger partial charge is 0.383 e. The molecule has 0 amide bonds. The smallest absolute Gasteiger partial charge is 0.225 e. The Morgan fingerprint density at radius 2 is 2.05 bits per heavy atom. The van der Waals surface area contributed by atoms with E-state index in [2.05, 4.69) is 27.1 Å². The first kappa shape index (κ1) is 14.2. The number of methoxy groups -OCH3 is 1. The van der Waals surface area contributed by atoms with Crippen molar-refractivity contribution < 1.29 is 4.74 Å². The van der Waals surface area contributed by atoms with E-state index in [0.717, 1.165) is 44.9 Å². The van der Waals surface area contributed by atoms with Crippen molar-refractivity contribution in [1.82, 2.24) is 15.3 Å². The van der Waals surface area contributed by atoms with Crippen LogP contribution in [0.1, 0.15) is 26.2 Å². The van der Waals surface area contributed by atoms with Gasteiger partial charge in [-0.15, -0.1) is 0 Å². The highest BCUT2D eigenvalue weighted by Crippen LogP contribution is 2.16. The predicted molar refractivity (Wildman–Crippen MR) is 76.4 cm³/mol. The highest BCUT2D eigenvalue weighted by molar-refractivity contribution is 5.29. The number of hydrogen-bond acceptors (Lipinski definition) is 5. The van der Waals surface area contributed by atoms with Crippen LogP contribution in [-0.4, -0.2) is 48.9 Å². The minimum absolute atomic E-state index is 0.467. The SMILES string of the molecule is CCC(COC)NC1CCN(c2ncccn2)CC1. The average molecular weight is 264 g/mol. The maximum Gasteiger partial charge on any atom is 0.225 e. The standard InChI is InChI=1S/C14H24N4O/c1-3-12(11-19-2)17-13-5-9-18(10-6-13)14-15-7-4-8-16-14/h4,7-8,12-13,17H,3,5-6,9-11H2,1-2H3. The van der Waals surface area contributed by atoms with Crippen LogP contribution in [0.15, 0.2) is 18.5 Å². The van der Waals surface area contributed by atoms with Crippen LogP contribution in [0.25, 0.3) is 0 Å². The van der Waals surface area contributed by atoms with E-state index >= 15 is 0 Å². The fourth-order valence-electron chi connectivity index (χ4n) is 2.52. The van der Waals surface area contributed by atoms with Crippen LogP contribution in [0, 0.1) is 0 Å². The van der Waals surface area contributed by atoms with Crippen molar-refractivity contribution in [2.75, 3.05) is 31.7 Å². The number of hydrogen-bond donors (Lipinski definition) is 1. The Labute approximate surface area is 115 Å². The molecule has 0 aromatic carbocycles. The zero-order valence-electron chi connectivity index (χ0n) is 11.9. The Morgan fingerprint density at radius 1 is 1.37 bits per heavy atom. The lowest BCUT2D eigenvalue weighted by Crippen LogP contribution is -2.47. The summed E-state index contributed by atoms with van der Waals surface area (Å²) in [6.45, 7) is 5.03. The summed E-state index contributed by atoms with van der Waals surface area (Å²) in [5, 5.41) is 3.69. The molecule has 1 N–H and O–H groups in total. The van der Waals surface area contributed by atoms with Crippen LogP contribution in [0.3, 0.4) is 0 Å². The first-order valence-corrected chi connectivity index (χ1v) is 7.10. The number of nitrogens with one attached hydrogen (secondary N) is 1. The van der Waals surface area contributed by atoms with Crippen molar-refractivity contribution >= 4 is 5.95 Å². The molecule has 5 heteroatoms. The third kappa shape index (κ3) is 4.14. The van der Waals surface area contributed by atoms with Crippen LogP contribution in [0.4, 0.5) is 5.95 Å². The number of anilines is 1. The molecule has 0 spiro atoms. The van der Waals surface area contributed by atoms with Crippen molar-refractivity contribution in [2.24, 2.45) is 0 Å². The zero-order valence-corrected chi connectivity index (χ0v) is 11.9. The number of rotatable bonds is 6. The van der Waals surface area contributed by atoms with Gasteiger partial charge >= 0.3 is 0 Å². The Bertz CT molecular complexity index is 352. The van der Waals surface area contributed by atoms with Gasteiger partial charge in [0.05, 0.1) is 6.61 Å². The molecule has 2 rings (SSSR count). The van der Waals surface area contributed by atoms with Crippen LogP contribution < -0.4 is 10.2 Å². The molecule has 1 aliphatic rings. The molecule has 1 saturated heterocycles. The fraction of sp³-hybridized carbons (Fsp3) is 0.714. The summed E-state index contributed by atoms with van der Waals surface area (Å²) >= 11 is 0. The van der Waals surface area contributed by atoms with E-state index < -0.39 is 0 Å². The predicted octanol–water partition coefficient (Wildman–Crippen LogP) is 1.46. The maximum atomic E-state index is 5.23. The van der Waals surface area contributed by atoms with E-state index in [0.29, 0.717) is 12.1 Å². The lowest BCUT2D eigenvalue weighted by molar-refractivity contribution is 0.155. The molecule has 106 valence electrons. The van der Waals surface area contributed by atoms with Gasteiger partial charge in [0, 0.05) is 44.7 Å². The van der Waals surface area contributed by atoms with Gasteiger partial charge in [-0.25, -0.2) is 9.97 Å². The number of nitrogens with zero attached hydrogens (tertiary/aromatic N) is 3. The molecule has 1 fully saturated rings. The van der Waals surface area contributed by atoms with E-state index in [1.807, 2.05) is 6.07 Å². The monoisotopic (exact) mass is 264 g/mol. The van der Waals surface area contributed by atoms with Gasteiger partial charge in [0.15, 0.2) is 0 Å². The average Bonchev–Trinajstić information content (AvgIpc) is 2.48. The minimum Gasteiger partial charge on any atom is -0.383 e. The molecule has 1 aliphatic heterocycles. The quantitative estimate of drug-likeness (QED) is 0.843. The molecular formula is C14H24N4O. The Hall–Kier alpha value is -1.20. The van der Waals surface area contributed by atoms with Gasteiger partial charge in [0.2, 0.25) is 5.95 Å². The molecule has 0 bridgehead atoms. The second-order valence-corrected chi connectivity index (χ2v) is 5.04. The van der Waals surface area contributed by atoms with E-state index in [9.17, 15) is 0 Å². The summed E-state index contributed by atoms with van der Waals surface area (Å²) in [5.41, 5.74) is 0. The first-order valence-electron chi connectivity index (χ1n) is 7.10. The molecule has 0 radical (unpaired) electrons. The summed E-state index contributed by atoms with van der Waals surface area (Å²) < 4.78 is 5.23. The molecule has 1 aromatic heterocycles. The lowest BCUT2D eigenvalue weighted by atomic mass is 10.0. The van der Waals surface area contributed by atoms with E-state index in [4.69, 9.17) is 4.74 Å². The zero-order chi connectivity index (χ0) is 13.5. The molecule has 2 heterocycles. The van der Waals surface area contributed by atoms with Gasteiger partial charge in [-0.1, -0.05) is 6.92 Å². The topological polar surface area (TPSA) is 50.3 Å². The van der Waals surface area contributed by atoms with Gasteiger partial charge in [0.1, 0.15) is 0 Å². The number of aromatic nitrogens is 2. The second kappa shape index (κ2) is 7.40. The Morgan fingerprint density at radius 3 is 2.63 bits per heavy atom. The Balaban J connectivity index is 1.79. The van der Waals surface area contributed by atoms with Crippen LogP contribution in [-0.2, 0) is 4.74 Å². The highest BCUT2D eigenvalue weighted by Gasteiger charge is 2.22. The second-order valence-electron chi connectivity index (χ2n) is 5.04. The van der Waals surface area contributed by atoms with E-state index in [1.54, 1.807) is 19.5 Å². The Kier molecular flexibility index (Phi) is 5.54. The summed E-state index contributed by atoms with van der Waals surface area (Å²) in [7, 11) is 1.76. The summed E-state index contributed by atoms with van der Waals surface area (Å²) in [6, 6.07) is 2.91. The lowest BCUT2D eigenvalue weighted by Gasteiger charge is -2.34.